The van der Waals surface area contributed by atoms with E-state index in [4.69, 9.17) is 28.3 Å². The van der Waals surface area contributed by atoms with Crippen molar-refractivity contribution < 1.29 is 117 Å². The van der Waals surface area contributed by atoms with Crippen LogP contribution in [0, 0.1) is 21.3 Å². The molecule has 15 N–H and O–H groups in total. The maximum atomic E-state index is 13.1. The van der Waals surface area contributed by atoms with Crippen molar-refractivity contribution in [2.75, 3.05) is 0 Å². The molecule has 0 atom stereocenters. The maximum Gasteiger partial charge on any atom is 0.426 e. The van der Waals surface area contributed by atoms with Gasteiger partial charge in [0.2, 0.25) is 23.6 Å². The van der Waals surface area contributed by atoms with Gasteiger partial charge < -0.3 is 27.1 Å². The number of nitrogens with one attached hydrogen (secondary N) is 7. The average molecular weight is 1510 g/mol. The van der Waals surface area contributed by atoms with Gasteiger partial charge in [0.25, 0.3) is 5.91 Å². The third-order valence-electron chi connectivity index (χ3n) is 8.64. The van der Waals surface area contributed by atoms with E-state index >= 15 is 0 Å². The molecule has 0 aliphatic carbocycles. The number of carbonyl (C=O) groups excluding carboxylic acids is 7. The molecule has 0 bridgehead atoms. The normalized spacial score (nSPS) is 10.9. The number of hydrazine groups is 5. The summed E-state index contributed by atoms with van der Waals surface area (Å²) in [6.45, 7) is 27.4. The van der Waals surface area contributed by atoms with Gasteiger partial charge in [-0.05, 0) is 85.7 Å². The van der Waals surface area contributed by atoms with Crippen LogP contribution in [0.25, 0.3) is 35.2 Å². The number of aliphatic carboxylic acids is 2. The maximum absolute atomic E-state index is 13.1. The number of carbonyl (C=O) groups is 9. The van der Waals surface area contributed by atoms with Gasteiger partial charge in [0, 0.05) is 89.1 Å². The Labute approximate surface area is 587 Å². The molecule has 4 aromatic rings. The van der Waals surface area contributed by atoms with Crippen LogP contribution in [0.1, 0.15) is 163 Å². The van der Waals surface area contributed by atoms with E-state index in [9.17, 15) is 75.8 Å². The third-order valence-corrected chi connectivity index (χ3v) is 9.76. The van der Waals surface area contributed by atoms with Gasteiger partial charge in [-0.3, -0.25) is 61.3 Å². The molecule has 0 unspecified atom stereocenters. The summed E-state index contributed by atoms with van der Waals surface area (Å²) in [5.74, 6) is 10.3. The van der Waals surface area contributed by atoms with E-state index in [-0.39, 0.29) is 101 Å². The Morgan fingerprint density at radius 1 is 0.577 bits per heavy atom. The number of hydrogen-bond acceptors (Lipinski definition) is 18. The van der Waals surface area contributed by atoms with Gasteiger partial charge >= 0.3 is 40.5 Å². The largest absolute Gasteiger partial charge is 0.481 e. The van der Waals surface area contributed by atoms with E-state index in [2.05, 4.69) is 48.8 Å². The van der Waals surface area contributed by atoms with Crippen LogP contribution in [0.5, 0.6) is 0 Å². The fourth-order valence-electron chi connectivity index (χ4n) is 4.75. The molecule has 97 heavy (non-hydrogen) atoms. The smallest absolute Gasteiger partial charge is 0.426 e. The molecule has 561 valence electrons. The number of hydrogen-bond donors (Lipinski definition) is 12. The number of nitrogens with zero attached hydrogens (tertiary/aromatic N) is 6. The van der Waals surface area contributed by atoms with Crippen molar-refractivity contribution in [1.82, 2.24) is 67.5 Å². The number of benzene rings is 2. The summed E-state index contributed by atoms with van der Waals surface area (Å²) in [7, 11) is -10.4. The van der Waals surface area contributed by atoms with Crippen molar-refractivity contribution in [1.29, 1.82) is 0 Å². The number of alkyl halides is 3. The van der Waals surface area contributed by atoms with Gasteiger partial charge in [-0.1, -0.05) is 106 Å². The SMILES string of the molecule is C.CC(C)(C)OC(=O)NN.CCC(=O)NN.CCC(=O)NN.CCC(=O)NNC(=O)/C=C\n1cnc(-c2cc(C(F)(F)F)cc(S(F)(F)(F)(F)F)c2)n1.CCC(=O)NNC(=O)OC(C)(C)C.CCC(=O)O.Cc1cc(C)cc(-c2ncn(/C=C\C(=O)O)n2)c1.Cl.Cl.[2H]CC.[2H]CC.[CH3-].[V]. The molecule has 2 heterocycles. The van der Waals surface area contributed by atoms with Crippen LogP contribution in [0.2, 0.25) is 0 Å². The molecule has 7 amide bonds. The minimum Gasteiger partial charge on any atom is -0.481 e. The van der Waals surface area contributed by atoms with Crippen molar-refractivity contribution >= 4 is 101 Å². The summed E-state index contributed by atoms with van der Waals surface area (Å²) in [5.41, 5.74) is 13.4. The zero-order valence-electron chi connectivity index (χ0n) is 57.9. The predicted molar refractivity (Wildman–Crippen MR) is 357 cm³/mol. The summed E-state index contributed by atoms with van der Waals surface area (Å²) in [6, 6.07) is 5.37. The molecule has 0 saturated carbocycles. The number of aryl methyl sites for hydroxylation is 2. The molecule has 0 saturated heterocycles. The molecule has 0 aliphatic rings. The van der Waals surface area contributed by atoms with Gasteiger partial charge in [0.05, 0.1) is 5.56 Å². The first-order valence-electron chi connectivity index (χ1n) is 28.2. The molecular weight excluding hydrogens is 1410 g/mol. The number of carboxylic acid groups (broad SMARTS) is 2. The van der Waals surface area contributed by atoms with E-state index < -0.39 is 91.5 Å². The molecule has 0 aliphatic heterocycles. The zero-order valence-corrected chi connectivity index (χ0v) is 59.7. The van der Waals surface area contributed by atoms with Gasteiger partial charge in [-0.2, -0.15) is 13.2 Å². The molecule has 29 nitrogen and oxygen atoms in total. The summed E-state index contributed by atoms with van der Waals surface area (Å²) < 4.78 is 128. The van der Waals surface area contributed by atoms with Gasteiger partial charge in [-0.25, -0.2) is 56.7 Å². The number of nitrogens with two attached hydrogens (primary N) is 3. The number of ether oxygens (including phenoxy) is 2. The standard InChI is InChI=1S/C15H13F8N5O2S.C13H13N3O2.C8H16N2O3.C5H12N2O2.2C3H8N2O.C3H6O2.2C2H6.CH4.CH3.2ClH.V/c1-2-12(29)25-26-13(30)3-4-28-8-24-14(27-28)9-5-10(15(16,17)18)7-11(6-9)31(19,20,21,22)23;1-9-5-10(2)7-11(6-9)13-14-8-16(15-13)4-3-12(17)18;1-5-6(11)9-10-7(12)13-8(2,3)4;1-5(2,3)9-4(8)7-6;2*1-2-3(6)5-4;1-2-3(4)5;2*1-2;;;;;/h3-8H,2H2,1H3,(H,25,29)(H,26,30);3-8H,1-2H3,(H,17,18);5H2,1-4H3,(H,9,11)(H,10,12);6H2,1-3H3,(H,7,8);2*2,4H2,1H3,(H,5,6);2H2,1H3,(H,4,5);2*1-2H3;1H4;1H3;2*1H;/q;;;;;;;;;;-1;;;/b2*4-3-;;;;;;;;;;;;/i;;;;;;;2*1D;;;;;. The number of rotatable bonds is 12. The number of carboxylic acids is 2. The van der Waals surface area contributed by atoms with Crippen molar-refractivity contribution in [3.8, 4) is 22.8 Å². The zero-order chi connectivity index (χ0) is 74.5. The van der Waals surface area contributed by atoms with Crippen LogP contribution < -0.4 is 55.5 Å². The number of halogens is 10. The average Bonchev–Trinajstić information content (AvgIpc) is 0.836. The van der Waals surface area contributed by atoms with Gasteiger partial charge in [0.15, 0.2) is 11.6 Å². The van der Waals surface area contributed by atoms with E-state index in [0.29, 0.717) is 38.9 Å². The third kappa shape index (κ3) is 60.0. The van der Waals surface area contributed by atoms with Crippen molar-refractivity contribution in [3.05, 3.63) is 85.3 Å². The minimum absolute atomic E-state index is 0. The summed E-state index contributed by atoms with van der Waals surface area (Å²) >= 11 is 0. The second-order valence-electron chi connectivity index (χ2n) is 18.8. The first kappa shape index (κ1) is 105. The molecule has 1 radical (unpaired) electrons. The quantitative estimate of drug-likeness (QED) is 0.0156. The topological polar surface area (TPSA) is 436 Å². The first-order valence-corrected chi connectivity index (χ1v) is 28.7. The van der Waals surface area contributed by atoms with Crippen molar-refractivity contribution in [2.45, 2.75) is 179 Å². The van der Waals surface area contributed by atoms with Crippen LogP contribution >= 0.6 is 35.0 Å². The second-order valence-corrected chi connectivity index (χ2v) is 21.2. The molecule has 0 spiro atoms. The molecule has 2 aromatic carbocycles. The van der Waals surface area contributed by atoms with Crippen LogP contribution in [0.15, 0.2) is 66.1 Å². The van der Waals surface area contributed by atoms with Crippen LogP contribution in [0.4, 0.5) is 42.2 Å². The summed E-state index contributed by atoms with van der Waals surface area (Å²) in [6.07, 6.45) is 1.27. The van der Waals surface area contributed by atoms with Gasteiger partial charge in [0.1, 0.15) is 28.8 Å². The molecule has 41 heteroatoms. The van der Waals surface area contributed by atoms with Crippen LogP contribution in [-0.4, -0.2) is 105 Å². The minimum atomic E-state index is -10.4. The van der Waals surface area contributed by atoms with Crippen molar-refractivity contribution in [2.24, 2.45) is 17.5 Å². The monoisotopic (exact) mass is 1510 g/mol. The summed E-state index contributed by atoms with van der Waals surface area (Å²) in [4.78, 5) is 99.0. The van der Waals surface area contributed by atoms with Gasteiger partial charge in [-0.15, -0.1) is 35.0 Å². The van der Waals surface area contributed by atoms with Crippen LogP contribution in [0.3, 0.4) is 0 Å². The Kier molecular flexibility index (Phi) is 57.3. The number of amides is 7. The Balaban J connectivity index is -0.000000125. The second kappa shape index (κ2) is 53.0. The molecular formula is C56H97Cl2F8N16O13SV-. The fraction of sp³-hybridized carbons (Fsp3) is 0.464. The van der Waals surface area contributed by atoms with E-state index in [0.717, 1.165) is 46.1 Å². The van der Waals surface area contributed by atoms with E-state index in [1.165, 1.54) is 24.1 Å². The Morgan fingerprint density at radius 3 is 1.22 bits per heavy atom. The Hall–Kier alpha value is -8.14. The Bertz CT molecular complexity index is 3030. The van der Waals surface area contributed by atoms with E-state index in [1.54, 1.807) is 83.1 Å². The molecule has 2 aromatic heterocycles. The van der Waals surface area contributed by atoms with Crippen LogP contribution in [-0.2, 0) is 67.8 Å². The summed E-state index contributed by atoms with van der Waals surface area (Å²) in [5, 5.41) is 24.0. The van der Waals surface area contributed by atoms with E-state index in [1.807, 2.05) is 53.1 Å². The molecule has 4 rings (SSSR count). The van der Waals surface area contributed by atoms with Crippen molar-refractivity contribution in [3.63, 3.8) is 0 Å². The number of aromatic nitrogens is 6. The first-order chi connectivity index (χ1) is 42.9. The molecule has 0 fully saturated rings. The fourth-order valence-corrected chi connectivity index (χ4v) is 5.45. The Morgan fingerprint density at radius 2 is 0.928 bits per heavy atom. The predicted octanol–water partition coefficient (Wildman–Crippen LogP) is 11.3.